The number of nitrogens with zero attached hydrogens (tertiary/aromatic N) is 1. The highest BCUT2D eigenvalue weighted by Crippen LogP contribution is 2.17. The van der Waals surface area contributed by atoms with Crippen molar-refractivity contribution in [3.63, 3.8) is 0 Å². The van der Waals surface area contributed by atoms with Gasteiger partial charge in [-0.05, 0) is 47.7 Å². The summed E-state index contributed by atoms with van der Waals surface area (Å²) in [5, 5.41) is 2.94. The van der Waals surface area contributed by atoms with Gasteiger partial charge >= 0.3 is 16.1 Å². The minimum Gasteiger partial charge on any atom is -0.383 e. The van der Waals surface area contributed by atoms with Gasteiger partial charge in [-0.25, -0.2) is 4.79 Å². The van der Waals surface area contributed by atoms with Crippen LogP contribution >= 0.6 is 0 Å². The molecule has 0 aromatic heterocycles. The van der Waals surface area contributed by atoms with Gasteiger partial charge in [0.25, 0.3) is 0 Å². The van der Waals surface area contributed by atoms with E-state index in [1.165, 1.54) is 5.56 Å². The molecule has 7 heteroatoms. The van der Waals surface area contributed by atoms with Crippen molar-refractivity contribution in [3.05, 3.63) is 59.7 Å². The monoisotopic (exact) mass is 404 g/mol. The summed E-state index contributed by atoms with van der Waals surface area (Å²) in [5.74, 6) is 0.559. The third-order valence-electron chi connectivity index (χ3n) is 4.03. The lowest BCUT2D eigenvalue weighted by Gasteiger charge is -2.25. The van der Waals surface area contributed by atoms with Crippen LogP contribution in [-0.4, -0.2) is 32.1 Å². The first-order valence-electron chi connectivity index (χ1n) is 9.29. The van der Waals surface area contributed by atoms with Crippen molar-refractivity contribution in [2.75, 3.05) is 18.1 Å². The maximum absolute atomic E-state index is 12.8. The van der Waals surface area contributed by atoms with E-state index in [0.29, 0.717) is 19.0 Å². The van der Waals surface area contributed by atoms with Crippen molar-refractivity contribution in [2.45, 2.75) is 33.7 Å². The second-order valence-corrected chi connectivity index (χ2v) is 8.76. The number of nitrogens with one attached hydrogen (secondary N) is 1. The number of aryl methyl sites for hydroxylation is 1. The van der Waals surface area contributed by atoms with Gasteiger partial charge in [0.1, 0.15) is 5.75 Å². The maximum Gasteiger partial charge on any atom is 0.322 e. The first-order valence-corrected chi connectivity index (χ1v) is 11.1. The van der Waals surface area contributed by atoms with E-state index in [2.05, 4.69) is 26.1 Å². The number of amides is 2. The Labute approximate surface area is 167 Å². The second-order valence-electron chi connectivity index (χ2n) is 7.19. The fourth-order valence-electron chi connectivity index (χ4n) is 2.73. The van der Waals surface area contributed by atoms with Crippen molar-refractivity contribution in [1.29, 1.82) is 0 Å². The van der Waals surface area contributed by atoms with Gasteiger partial charge < -0.3 is 14.4 Å². The van der Waals surface area contributed by atoms with Crippen molar-refractivity contribution < 1.29 is 17.4 Å². The van der Waals surface area contributed by atoms with Crippen LogP contribution in [0.1, 0.15) is 31.9 Å². The predicted octanol–water partition coefficient (Wildman–Crippen LogP) is 4.28. The first-order chi connectivity index (χ1) is 13.2. The SMILES string of the molecule is CCc1ccc(NC(=O)N(Cc2ccc(OS(C)(=O)=O)cc2)CC(C)C)cc1. The van der Waals surface area contributed by atoms with E-state index in [1.807, 2.05) is 24.3 Å². The Hall–Kier alpha value is -2.54. The van der Waals surface area contributed by atoms with Gasteiger partial charge in [0.05, 0.1) is 6.26 Å². The Morgan fingerprint density at radius 1 is 1.04 bits per heavy atom. The first kappa shape index (κ1) is 21.8. The van der Waals surface area contributed by atoms with Gasteiger partial charge in [-0.1, -0.05) is 45.0 Å². The van der Waals surface area contributed by atoms with Crippen molar-refractivity contribution in [3.8, 4) is 5.75 Å². The molecule has 0 bridgehead atoms. The van der Waals surface area contributed by atoms with Crippen molar-refractivity contribution >= 4 is 21.8 Å². The lowest BCUT2D eigenvalue weighted by atomic mass is 10.1. The fourth-order valence-corrected chi connectivity index (χ4v) is 3.19. The third kappa shape index (κ3) is 7.23. The molecule has 152 valence electrons. The zero-order valence-corrected chi connectivity index (χ0v) is 17.6. The Morgan fingerprint density at radius 3 is 2.11 bits per heavy atom. The number of carbonyl (C=O) groups excluding carboxylic acids is 1. The molecule has 0 fully saturated rings. The molecule has 2 aromatic carbocycles. The summed E-state index contributed by atoms with van der Waals surface area (Å²) in [6.07, 6.45) is 1.95. The van der Waals surface area contributed by atoms with E-state index in [4.69, 9.17) is 4.18 Å². The molecule has 6 nitrogen and oxygen atoms in total. The number of hydrogen-bond acceptors (Lipinski definition) is 4. The Morgan fingerprint density at radius 2 is 1.61 bits per heavy atom. The molecule has 28 heavy (non-hydrogen) atoms. The molecule has 0 radical (unpaired) electrons. The van der Waals surface area contributed by atoms with Crippen LogP contribution < -0.4 is 9.50 Å². The zero-order chi connectivity index (χ0) is 20.7. The summed E-state index contributed by atoms with van der Waals surface area (Å²) < 4.78 is 27.3. The molecule has 0 unspecified atom stereocenters. The van der Waals surface area contributed by atoms with E-state index < -0.39 is 10.1 Å². The third-order valence-corrected chi connectivity index (χ3v) is 4.53. The summed E-state index contributed by atoms with van der Waals surface area (Å²) in [5.41, 5.74) is 2.86. The minimum absolute atomic E-state index is 0.172. The highest BCUT2D eigenvalue weighted by Gasteiger charge is 2.16. The Balaban J connectivity index is 2.08. The van der Waals surface area contributed by atoms with Crippen LogP contribution in [0.4, 0.5) is 10.5 Å². The van der Waals surface area contributed by atoms with E-state index in [-0.39, 0.29) is 11.8 Å². The van der Waals surface area contributed by atoms with E-state index in [1.54, 1.807) is 29.2 Å². The lowest BCUT2D eigenvalue weighted by Crippen LogP contribution is -2.37. The van der Waals surface area contributed by atoms with Gasteiger partial charge in [0, 0.05) is 18.8 Å². The van der Waals surface area contributed by atoms with Crippen LogP contribution in [0.5, 0.6) is 5.75 Å². The number of hydrogen-bond donors (Lipinski definition) is 1. The van der Waals surface area contributed by atoms with Crippen molar-refractivity contribution in [2.24, 2.45) is 5.92 Å². The second kappa shape index (κ2) is 9.59. The largest absolute Gasteiger partial charge is 0.383 e. The molecule has 0 aliphatic carbocycles. The van der Waals surface area contributed by atoms with Gasteiger partial charge in [-0.3, -0.25) is 0 Å². The molecule has 1 N–H and O–H groups in total. The quantitative estimate of drug-likeness (QED) is 0.667. The molecule has 0 atom stereocenters. The average molecular weight is 405 g/mol. The Bertz CT molecular complexity index is 876. The molecule has 0 saturated heterocycles. The van der Waals surface area contributed by atoms with Gasteiger partial charge in [-0.15, -0.1) is 0 Å². The highest BCUT2D eigenvalue weighted by atomic mass is 32.2. The Kier molecular flexibility index (Phi) is 7.45. The van der Waals surface area contributed by atoms with Gasteiger partial charge in [0.2, 0.25) is 0 Å². The summed E-state index contributed by atoms with van der Waals surface area (Å²) >= 11 is 0. The van der Waals surface area contributed by atoms with Gasteiger partial charge in [0.15, 0.2) is 0 Å². The molecule has 2 aromatic rings. The molecular formula is C21H28N2O4S. The molecule has 2 rings (SSSR count). The molecule has 2 amide bonds. The van der Waals surface area contributed by atoms with Crippen LogP contribution in [-0.2, 0) is 23.1 Å². The average Bonchev–Trinajstić information content (AvgIpc) is 2.62. The normalized spacial score (nSPS) is 11.3. The predicted molar refractivity (Wildman–Crippen MR) is 112 cm³/mol. The van der Waals surface area contributed by atoms with Crippen molar-refractivity contribution in [1.82, 2.24) is 4.90 Å². The smallest absolute Gasteiger partial charge is 0.322 e. The molecule has 0 heterocycles. The number of urea groups is 1. The lowest BCUT2D eigenvalue weighted by molar-refractivity contribution is 0.201. The van der Waals surface area contributed by atoms with Crippen LogP contribution in [0.3, 0.4) is 0 Å². The summed E-state index contributed by atoms with van der Waals surface area (Å²) in [6.45, 7) is 7.21. The van der Waals surface area contributed by atoms with Crippen LogP contribution in [0.25, 0.3) is 0 Å². The number of benzene rings is 2. The molecular weight excluding hydrogens is 376 g/mol. The molecule has 0 spiro atoms. The van der Waals surface area contributed by atoms with Crippen LogP contribution in [0, 0.1) is 5.92 Å². The summed E-state index contributed by atoms with van der Waals surface area (Å²) in [7, 11) is -3.56. The van der Waals surface area contributed by atoms with Gasteiger partial charge in [-0.2, -0.15) is 8.42 Å². The maximum atomic E-state index is 12.8. The van der Waals surface area contributed by atoms with E-state index in [0.717, 1.165) is 23.9 Å². The summed E-state index contributed by atoms with van der Waals surface area (Å²) in [4.78, 5) is 14.5. The minimum atomic E-state index is -3.56. The zero-order valence-electron chi connectivity index (χ0n) is 16.8. The molecule has 0 aliphatic heterocycles. The van der Waals surface area contributed by atoms with E-state index in [9.17, 15) is 13.2 Å². The number of anilines is 1. The van der Waals surface area contributed by atoms with E-state index >= 15 is 0 Å². The number of rotatable bonds is 8. The topological polar surface area (TPSA) is 75.7 Å². The fraction of sp³-hybridized carbons (Fsp3) is 0.381. The standard InChI is InChI=1S/C21H28N2O4S/c1-5-17-6-10-19(11-7-17)22-21(24)23(14-16(2)3)15-18-8-12-20(13-9-18)27-28(4,25)26/h6-13,16H,5,14-15H2,1-4H3,(H,22,24). The highest BCUT2D eigenvalue weighted by molar-refractivity contribution is 7.86. The van der Waals surface area contributed by atoms with Crippen LogP contribution in [0.15, 0.2) is 48.5 Å². The molecule has 0 aliphatic rings. The number of carbonyl (C=O) groups is 1. The summed E-state index contributed by atoms with van der Waals surface area (Å²) in [6, 6.07) is 14.3. The van der Waals surface area contributed by atoms with Crippen LogP contribution in [0.2, 0.25) is 0 Å². The molecule has 0 saturated carbocycles.